The summed E-state index contributed by atoms with van der Waals surface area (Å²) in [5, 5.41) is 4.32. The van der Waals surface area contributed by atoms with Gasteiger partial charge in [0, 0.05) is 28.8 Å². The van der Waals surface area contributed by atoms with Crippen LogP contribution in [-0.4, -0.2) is 16.7 Å². The molecule has 0 unspecified atom stereocenters. The van der Waals surface area contributed by atoms with Crippen molar-refractivity contribution in [2.75, 3.05) is 5.32 Å². The molecule has 2 aromatic carbocycles. The summed E-state index contributed by atoms with van der Waals surface area (Å²) in [4.78, 5) is 30.6. The van der Waals surface area contributed by atoms with Crippen molar-refractivity contribution in [1.82, 2.24) is 4.98 Å². The normalized spacial score (nSPS) is 11.1. The number of hydrogen-bond acceptors (Lipinski definition) is 4. The molecule has 0 atom stereocenters. The van der Waals surface area contributed by atoms with E-state index in [2.05, 4.69) is 31.1 Å². The molecule has 7 heteroatoms. The lowest BCUT2D eigenvalue weighted by Gasteiger charge is -2.06. The highest BCUT2D eigenvalue weighted by Crippen LogP contribution is 2.35. The number of hydrogen-bond donors (Lipinski definition) is 1. The van der Waals surface area contributed by atoms with Gasteiger partial charge in [-0.1, -0.05) is 80.7 Å². The van der Waals surface area contributed by atoms with Gasteiger partial charge in [0.15, 0.2) is 10.9 Å². The van der Waals surface area contributed by atoms with E-state index in [1.54, 1.807) is 12.1 Å². The summed E-state index contributed by atoms with van der Waals surface area (Å²) in [6, 6.07) is 13.0. The maximum Gasteiger partial charge on any atom is 0.226 e. The lowest BCUT2D eigenvalue weighted by atomic mass is 9.99. The van der Waals surface area contributed by atoms with Crippen molar-refractivity contribution in [2.24, 2.45) is 0 Å². The fourth-order valence-corrected chi connectivity index (χ4v) is 4.68. The van der Waals surface area contributed by atoms with Crippen molar-refractivity contribution in [1.29, 1.82) is 0 Å². The third kappa shape index (κ3) is 6.18. The number of benzene rings is 2. The van der Waals surface area contributed by atoms with E-state index in [4.69, 9.17) is 23.2 Å². The highest BCUT2D eigenvalue weighted by molar-refractivity contribution is 7.16. The van der Waals surface area contributed by atoms with Crippen molar-refractivity contribution >= 4 is 51.4 Å². The van der Waals surface area contributed by atoms with Gasteiger partial charge in [-0.3, -0.25) is 9.59 Å². The molecule has 0 saturated heterocycles. The molecule has 0 spiro atoms. The Hall–Kier alpha value is -2.21. The van der Waals surface area contributed by atoms with Crippen LogP contribution in [0.1, 0.15) is 66.8 Å². The molecule has 0 aliphatic carbocycles. The maximum absolute atomic E-state index is 12.5. The van der Waals surface area contributed by atoms with Crippen LogP contribution in [0, 0.1) is 0 Å². The smallest absolute Gasteiger partial charge is 0.226 e. The Kier molecular flexibility index (Phi) is 8.46. The number of anilines is 1. The van der Waals surface area contributed by atoms with E-state index in [0.29, 0.717) is 26.7 Å². The van der Waals surface area contributed by atoms with Crippen LogP contribution in [-0.2, 0) is 11.2 Å². The van der Waals surface area contributed by atoms with E-state index in [9.17, 15) is 9.59 Å². The molecule has 1 heterocycles. The molecule has 3 rings (SSSR count). The van der Waals surface area contributed by atoms with Crippen LogP contribution < -0.4 is 5.32 Å². The fourth-order valence-electron chi connectivity index (χ4n) is 3.28. The van der Waals surface area contributed by atoms with Gasteiger partial charge in [0.1, 0.15) is 0 Å². The number of ketones is 1. The average molecular weight is 489 g/mol. The Morgan fingerprint density at radius 1 is 1.03 bits per heavy atom. The largest absolute Gasteiger partial charge is 0.302 e. The van der Waals surface area contributed by atoms with Gasteiger partial charge in [-0.05, 0) is 30.0 Å². The van der Waals surface area contributed by atoms with E-state index in [0.717, 1.165) is 29.0 Å². The first-order valence-corrected chi connectivity index (χ1v) is 12.2. The number of nitrogens with one attached hydrogen (secondary N) is 1. The standard InChI is InChI=1S/C25H26Cl2N2O2S/c1-4-5-22-24(18-10-11-19(26)20(27)14-18)29-25(32-22)28-23(31)13-12-21(30)17-8-6-16(7-9-17)15(2)3/h6-11,14-15H,4-5,12-13H2,1-3H3,(H,28,29,31). The van der Waals surface area contributed by atoms with Crippen molar-refractivity contribution in [3.05, 3.63) is 68.5 Å². The Morgan fingerprint density at radius 2 is 1.75 bits per heavy atom. The van der Waals surface area contributed by atoms with Crippen LogP contribution in [0.4, 0.5) is 5.13 Å². The molecule has 0 saturated carbocycles. The maximum atomic E-state index is 12.5. The molecular formula is C25H26Cl2N2O2S. The first-order valence-electron chi connectivity index (χ1n) is 10.7. The highest BCUT2D eigenvalue weighted by Gasteiger charge is 2.16. The monoisotopic (exact) mass is 488 g/mol. The Labute approximate surface area is 203 Å². The minimum atomic E-state index is -0.227. The summed E-state index contributed by atoms with van der Waals surface area (Å²) >= 11 is 13.7. The SMILES string of the molecule is CCCc1sc(NC(=O)CCC(=O)c2ccc(C(C)C)cc2)nc1-c1ccc(Cl)c(Cl)c1. The third-order valence-corrected chi connectivity index (χ3v) is 6.86. The highest BCUT2D eigenvalue weighted by atomic mass is 35.5. The van der Waals surface area contributed by atoms with Crippen LogP contribution in [0.3, 0.4) is 0 Å². The van der Waals surface area contributed by atoms with Gasteiger partial charge < -0.3 is 5.32 Å². The summed E-state index contributed by atoms with van der Waals surface area (Å²) in [7, 11) is 0. The number of thiazole rings is 1. The molecular weight excluding hydrogens is 463 g/mol. The first kappa shape index (κ1) is 24.4. The second kappa shape index (κ2) is 11.1. The summed E-state index contributed by atoms with van der Waals surface area (Å²) in [5.74, 6) is 0.141. The minimum absolute atomic E-state index is 0.0437. The minimum Gasteiger partial charge on any atom is -0.302 e. The van der Waals surface area contributed by atoms with Crippen molar-refractivity contribution in [2.45, 2.75) is 52.4 Å². The van der Waals surface area contributed by atoms with Gasteiger partial charge in [0.2, 0.25) is 5.91 Å². The zero-order chi connectivity index (χ0) is 23.3. The first-order chi connectivity index (χ1) is 15.3. The second-order valence-corrected chi connectivity index (χ2v) is 9.82. The van der Waals surface area contributed by atoms with Crippen molar-refractivity contribution in [3.63, 3.8) is 0 Å². The second-order valence-electron chi connectivity index (χ2n) is 7.92. The van der Waals surface area contributed by atoms with Crippen LogP contribution in [0.5, 0.6) is 0 Å². The van der Waals surface area contributed by atoms with Gasteiger partial charge in [-0.15, -0.1) is 11.3 Å². The van der Waals surface area contributed by atoms with Gasteiger partial charge in [-0.25, -0.2) is 4.98 Å². The summed E-state index contributed by atoms with van der Waals surface area (Å²) in [6.45, 7) is 6.31. The third-order valence-electron chi connectivity index (χ3n) is 5.09. The number of halogens is 2. The van der Waals surface area contributed by atoms with E-state index >= 15 is 0 Å². The Bertz CT molecular complexity index is 1110. The number of carbonyl (C=O) groups excluding carboxylic acids is 2. The molecule has 0 aliphatic rings. The van der Waals surface area contributed by atoms with Crippen molar-refractivity contribution < 1.29 is 9.59 Å². The molecule has 0 bridgehead atoms. The molecule has 1 N–H and O–H groups in total. The number of carbonyl (C=O) groups is 2. The van der Waals surface area contributed by atoms with Crippen LogP contribution in [0.25, 0.3) is 11.3 Å². The Balaban J connectivity index is 1.65. The zero-order valence-electron chi connectivity index (χ0n) is 18.4. The quantitative estimate of drug-likeness (QED) is 0.312. The summed E-state index contributed by atoms with van der Waals surface area (Å²) in [5.41, 5.74) is 3.47. The molecule has 1 amide bonds. The van der Waals surface area contributed by atoms with Gasteiger partial charge in [-0.2, -0.15) is 0 Å². The lowest BCUT2D eigenvalue weighted by Crippen LogP contribution is -2.13. The molecule has 4 nitrogen and oxygen atoms in total. The van der Waals surface area contributed by atoms with E-state index in [1.165, 1.54) is 16.9 Å². The molecule has 168 valence electrons. The van der Waals surface area contributed by atoms with Gasteiger partial charge >= 0.3 is 0 Å². The number of aryl methyl sites for hydroxylation is 1. The molecule has 0 radical (unpaired) electrons. The van der Waals surface area contributed by atoms with E-state index < -0.39 is 0 Å². The van der Waals surface area contributed by atoms with Crippen molar-refractivity contribution in [3.8, 4) is 11.3 Å². The molecule has 32 heavy (non-hydrogen) atoms. The fraction of sp³-hybridized carbons (Fsp3) is 0.320. The Morgan fingerprint density at radius 3 is 2.38 bits per heavy atom. The predicted molar refractivity (Wildman–Crippen MR) is 134 cm³/mol. The zero-order valence-corrected chi connectivity index (χ0v) is 20.7. The molecule has 3 aromatic rings. The number of nitrogens with zero attached hydrogens (tertiary/aromatic N) is 1. The van der Waals surface area contributed by atoms with E-state index in [-0.39, 0.29) is 24.5 Å². The molecule has 0 aliphatic heterocycles. The molecule has 1 aromatic heterocycles. The number of Topliss-reactive ketones (excluding diaryl/α,β-unsaturated/α-hetero) is 1. The summed E-state index contributed by atoms with van der Waals surface area (Å²) < 4.78 is 0. The van der Waals surface area contributed by atoms with E-state index in [1.807, 2.05) is 30.3 Å². The van der Waals surface area contributed by atoms with Crippen LogP contribution >= 0.6 is 34.5 Å². The predicted octanol–water partition coefficient (Wildman–Crippen LogP) is 7.79. The number of aromatic nitrogens is 1. The van der Waals surface area contributed by atoms with Crippen LogP contribution in [0.2, 0.25) is 10.0 Å². The number of rotatable bonds is 9. The average Bonchev–Trinajstić information content (AvgIpc) is 3.16. The molecule has 0 fully saturated rings. The van der Waals surface area contributed by atoms with Crippen LogP contribution in [0.15, 0.2) is 42.5 Å². The van der Waals surface area contributed by atoms with Gasteiger partial charge in [0.25, 0.3) is 0 Å². The summed E-state index contributed by atoms with van der Waals surface area (Å²) in [6.07, 6.45) is 2.05. The topological polar surface area (TPSA) is 59.1 Å². The van der Waals surface area contributed by atoms with Gasteiger partial charge in [0.05, 0.1) is 15.7 Å². The lowest BCUT2D eigenvalue weighted by molar-refractivity contribution is -0.116. The number of amides is 1.